The lowest BCUT2D eigenvalue weighted by atomic mass is 10.0. The highest BCUT2D eigenvalue weighted by molar-refractivity contribution is 5.97. The molecule has 0 spiro atoms. The number of phenolic OH excluding ortho intramolecular Hbond substituents is 1. The molecule has 0 aliphatic rings. The molecule has 3 aromatic carbocycles. The molecule has 1 heterocycles. The van der Waals surface area contributed by atoms with E-state index in [0.717, 1.165) is 5.56 Å². The zero-order valence-corrected chi connectivity index (χ0v) is 39.1. The second kappa shape index (κ2) is 27.2. The topological polar surface area (TPSA) is 408 Å². The molecule has 382 valence electrons. The number of nitrogens with zero attached hydrogens (tertiary/aromatic N) is 1. The summed E-state index contributed by atoms with van der Waals surface area (Å²) in [6.07, 6.45) is -0.248. The van der Waals surface area contributed by atoms with E-state index >= 15 is 0 Å². The van der Waals surface area contributed by atoms with Crippen LogP contribution in [0.3, 0.4) is 0 Å². The van der Waals surface area contributed by atoms with E-state index in [2.05, 4.69) is 47.2 Å². The van der Waals surface area contributed by atoms with E-state index < -0.39 is 109 Å². The molecule has 24 nitrogen and oxygen atoms in total. The number of aliphatic hydroxyl groups excluding tert-OH is 2. The van der Waals surface area contributed by atoms with Crippen LogP contribution in [0.5, 0.6) is 5.75 Å². The third-order valence-electron chi connectivity index (χ3n) is 11.0. The summed E-state index contributed by atoms with van der Waals surface area (Å²) in [6, 6.07) is 11.5. The van der Waals surface area contributed by atoms with Gasteiger partial charge in [-0.15, -0.1) is 0 Å². The number of nitrogens with one attached hydrogen (secondary N) is 8. The molecule has 7 amide bonds. The van der Waals surface area contributed by atoms with Crippen molar-refractivity contribution in [1.82, 2.24) is 42.2 Å². The van der Waals surface area contributed by atoms with E-state index in [-0.39, 0.29) is 50.4 Å². The Labute approximate surface area is 408 Å². The first-order valence-corrected chi connectivity index (χ1v) is 22.5. The summed E-state index contributed by atoms with van der Waals surface area (Å²) in [5.74, 6) is -8.09. The van der Waals surface area contributed by atoms with Gasteiger partial charge in [0.15, 0.2) is 5.96 Å². The van der Waals surface area contributed by atoms with Crippen LogP contribution in [0.15, 0.2) is 90.1 Å². The SMILES string of the molecule is C[C@H](NC(=O)[C@@H](N)Cc1ccccc1)C(=O)NCC(=O)N[C@@H](CCCN=C(N)N)C(=O)N[C@@H](CO)C(=O)N[C@@H](Cc1c[nH]c2ccccc12)C(=O)N[C@H](C(=O)N[C@@H](Cc1ccc(O)cc1)C(=O)O)[C@@H](C)O. The molecule has 18 N–H and O–H groups in total. The Morgan fingerprint density at radius 2 is 1.27 bits per heavy atom. The van der Waals surface area contributed by atoms with E-state index in [0.29, 0.717) is 22.0 Å². The van der Waals surface area contributed by atoms with Crippen molar-refractivity contribution >= 4 is 64.2 Å². The number of aliphatic imine (C=N–C) groups is 1. The van der Waals surface area contributed by atoms with Crippen molar-refractivity contribution in [2.24, 2.45) is 22.2 Å². The molecule has 4 rings (SSSR count). The number of carbonyl (C=O) groups is 8. The number of hydrogen-bond acceptors (Lipinski definition) is 13. The number of aromatic nitrogens is 1. The summed E-state index contributed by atoms with van der Waals surface area (Å²) in [5.41, 5.74) is 19.3. The fourth-order valence-electron chi connectivity index (χ4n) is 7.14. The molecule has 0 fully saturated rings. The van der Waals surface area contributed by atoms with Crippen LogP contribution in [-0.4, -0.2) is 147 Å². The fraction of sp³-hybridized carbons (Fsp3) is 0.383. The lowest BCUT2D eigenvalue weighted by Gasteiger charge is -2.27. The van der Waals surface area contributed by atoms with E-state index in [1.807, 2.05) is 6.07 Å². The highest BCUT2D eigenvalue weighted by atomic mass is 16.4. The first-order valence-electron chi connectivity index (χ1n) is 22.5. The number of aromatic hydroxyl groups is 1. The van der Waals surface area contributed by atoms with Crippen molar-refractivity contribution in [2.75, 3.05) is 19.7 Å². The number of hydrogen-bond donors (Lipinski definition) is 15. The highest BCUT2D eigenvalue weighted by Crippen LogP contribution is 2.20. The lowest BCUT2D eigenvalue weighted by Crippen LogP contribution is -2.61. The number of rotatable bonds is 27. The molecule has 0 saturated carbocycles. The Morgan fingerprint density at radius 3 is 1.92 bits per heavy atom. The Hall–Kier alpha value is -8.09. The highest BCUT2D eigenvalue weighted by Gasteiger charge is 2.35. The van der Waals surface area contributed by atoms with Gasteiger partial charge in [0.1, 0.15) is 42.0 Å². The van der Waals surface area contributed by atoms with Crippen LogP contribution >= 0.6 is 0 Å². The largest absolute Gasteiger partial charge is 0.508 e. The van der Waals surface area contributed by atoms with Gasteiger partial charge in [-0.1, -0.05) is 60.7 Å². The van der Waals surface area contributed by atoms with Crippen LogP contribution in [0.4, 0.5) is 0 Å². The average Bonchev–Trinajstić information content (AvgIpc) is 3.74. The van der Waals surface area contributed by atoms with Gasteiger partial charge in [-0.2, -0.15) is 0 Å². The Balaban J connectivity index is 1.46. The van der Waals surface area contributed by atoms with E-state index in [1.54, 1.807) is 54.7 Å². The third-order valence-corrected chi connectivity index (χ3v) is 11.0. The number of aliphatic hydroxyl groups is 2. The molecule has 1 aromatic heterocycles. The number of benzene rings is 3. The van der Waals surface area contributed by atoms with Crippen LogP contribution in [0.1, 0.15) is 43.4 Å². The van der Waals surface area contributed by atoms with E-state index in [4.69, 9.17) is 17.2 Å². The number of carbonyl (C=O) groups excluding carboxylic acids is 7. The van der Waals surface area contributed by atoms with Crippen LogP contribution in [0, 0.1) is 0 Å². The number of nitrogens with two attached hydrogens (primary N) is 3. The van der Waals surface area contributed by atoms with Gasteiger partial charge in [0, 0.05) is 36.5 Å². The van der Waals surface area contributed by atoms with Gasteiger partial charge < -0.3 is 79.8 Å². The summed E-state index contributed by atoms with van der Waals surface area (Å²) in [5, 5.41) is 58.1. The summed E-state index contributed by atoms with van der Waals surface area (Å²) in [7, 11) is 0. The maximum absolute atomic E-state index is 14.1. The quantitative estimate of drug-likeness (QED) is 0.0159. The standard InChI is InChI=1S/C47H62N12O12/c1-25(54-41(65)32(48)19-27-9-4-3-5-10-27)40(64)53-23-38(63)55-34(13-8-18-51-47(49)50)42(66)58-37(24-60)44(68)56-35(21-29-22-52-33-12-7-6-11-31(29)33)43(67)59-39(26(2)61)45(69)57-36(46(70)71)20-28-14-16-30(62)17-15-28/h3-7,9-12,14-17,22,25-26,32,34-37,39,52,60-62H,8,13,18-21,23-24,48H2,1-2H3,(H,53,64)(H,54,65)(H,55,63)(H,56,68)(H,57,69)(H,58,66)(H,59,67)(H,70,71)(H4,49,50,51)/t25-,26+,32-,34-,35-,36-,37-,39-/m0/s1. The Bertz CT molecular complexity index is 2500. The number of aromatic amines is 1. The van der Waals surface area contributed by atoms with Gasteiger partial charge >= 0.3 is 5.97 Å². The van der Waals surface area contributed by atoms with Gasteiger partial charge in [0.25, 0.3) is 0 Å². The molecule has 0 saturated heterocycles. The molecular formula is C47H62N12O12. The summed E-state index contributed by atoms with van der Waals surface area (Å²) < 4.78 is 0. The smallest absolute Gasteiger partial charge is 0.326 e. The van der Waals surface area contributed by atoms with Crippen molar-refractivity contribution in [3.05, 3.63) is 102 Å². The number of phenols is 1. The lowest BCUT2D eigenvalue weighted by molar-refractivity contribution is -0.143. The molecular weight excluding hydrogens is 925 g/mol. The number of guanidine groups is 1. The van der Waals surface area contributed by atoms with Gasteiger partial charge in [-0.05, 0) is 68.0 Å². The number of amides is 7. The minimum Gasteiger partial charge on any atom is -0.508 e. The number of fused-ring (bicyclic) bond motifs is 1. The van der Waals surface area contributed by atoms with Crippen LogP contribution in [-0.2, 0) is 57.6 Å². The summed E-state index contributed by atoms with van der Waals surface area (Å²) >= 11 is 0. The fourth-order valence-corrected chi connectivity index (χ4v) is 7.14. The number of aliphatic carboxylic acids is 1. The molecule has 0 aliphatic heterocycles. The van der Waals surface area contributed by atoms with E-state index in [9.17, 15) is 58.8 Å². The zero-order valence-electron chi connectivity index (χ0n) is 39.1. The molecule has 0 aliphatic carbocycles. The number of para-hydroxylation sites is 1. The van der Waals surface area contributed by atoms with Crippen LogP contribution in [0.2, 0.25) is 0 Å². The minimum atomic E-state index is -1.75. The van der Waals surface area contributed by atoms with Gasteiger partial charge in [0.05, 0.1) is 25.3 Å². The maximum Gasteiger partial charge on any atom is 0.326 e. The van der Waals surface area contributed by atoms with Crippen LogP contribution in [0.25, 0.3) is 10.9 Å². The zero-order chi connectivity index (χ0) is 52.2. The Morgan fingerprint density at radius 1 is 0.662 bits per heavy atom. The second-order valence-electron chi connectivity index (χ2n) is 16.7. The average molecular weight is 987 g/mol. The molecule has 8 atom stereocenters. The first kappa shape index (κ1) is 55.5. The third kappa shape index (κ3) is 17.7. The van der Waals surface area contributed by atoms with Gasteiger partial charge in [-0.25, -0.2) is 4.79 Å². The predicted octanol–water partition coefficient (Wildman–Crippen LogP) is -3.22. The van der Waals surface area contributed by atoms with Gasteiger partial charge in [-0.3, -0.25) is 38.6 Å². The van der Waals surface area contributed by atoms with Crippen molar-refractivity contribution in [2.45, 2.75) is 94.3 Å². The van der Waals surface area contributed by atoms with Crippen molar-refractivity contribution in [3.8, 4) is 5.75 Å². The Kier molecular flexibility index (Phi) is 21.3. The number of carboxylic acid groups (broad SMARTS) is 1. The molecule has 0 unspecified atom stereocenters. The molecule has 4 aromatic rings. The number of carboxylic acids is 1. The monoisotopic (exact) mass is 986 g/mol. The normalized spacial score (nSPS) is 14.4. The predicted molar refractivity (Wildman–Crippen MR) is 259 cm³/mol. The second-order valence-corrected chi connectivity index (χ2v) is 16.7. The van der Waals surface area contributed by atoms with E-state index in [1.165, 1.54) is 38.1 Å². The van der Waals surface area contributed by atoms with Crippen molar-refractivity contribution in [3.63, 3.8) is 0 Å². The summed E-state index contributed by atoms with van der Waals surface area (Å²) in [4.78, 5) is 113. The summed E-state index contributed by atoms with van der Waals surface area (Å²) in [6.45, 7) is 0.922. The van der Waals surface area contributed by atoms with Crippen molar-refractivity contribution in [1.29, 1.82) is 0 Å². The first-order chi connectivity index (χ1) is 33.8. The van der Waals surface area contributed by atoms with Gasteiger partial charge in [0.2, 0.25) is 41.4 Å². The molecule has 71 heavy (non-hydrogen) atoms. The van der Waals surface area contributed by atoms with Crippen LogP contribution < -0.4 is 54.4 Å². The molecule has 0 bridgehead atoms. The number of H-pyrrole nitrogens is 1. The molecule has 0 radical (unpaired) electrons. The molecule has 24 heteroatoms. The minimum absolute atomic E-state index is 0.0255. The maximum atomic E-state index is 14.1. The van der Waals surface area contributed by atoms with Crippen molar-refractivity contribution < 1.29 is 58.8 Å².